The molecule has 7 heteroatoms. The van der Waals surface area contributed by atoms with Crippen LogP contribution in [0.25, 0.3) is 11.3 Å². The molecule has 0 atom stereocenters. The monoisotopic (exact) mass is 283 g/mol. The van der Waals surface area contributed by atoms with Crippen LogP contribution >= 0.6 is 11.8 Å². The Morgan fingerprint density at radius 2 is 1.89 bits per heavy atom. The fourth-order valence-corrected chi connectivity index (χ4v) is 2.00. The van der Waals surface area contributed by atoms with Gasteiger partial charge in [0.15, 0.2) is 0 Å². The first kappa shape index (κ1) is 13.5. The summed E-state index contributed by atoms with van der Waals surface area (Å²) in [5.41, 5.74) is 6.90. The highest BCUT2D eigenvalue weighted by molar-refractivity contribution is 7.99. The Labute approximate surface area is 113 Å². The van der Waals surface area contributed by atoms with Crippen LogP contribution in [0.4, 0.5) is 14.7 Å². The van der Waals surface area contributed by atoms with E-state index in [0.29, 0.717) is 28.2 Å². The van der Waals surface area contributed by atoms with Crippen molar-refractivity contribution in [3.05, 3.63) is 30.3 Å². The molecule has 2 rings (SSSR count). The van der Waals surface area contributed by atoms with Gasteiger partial charge in [-0.05, 0) is 12.1 Å². The van der Waals surface area contributed by atoms with E-state index < -0.39 is 5.76 Å². The third-order valence-corrected chi connectivity index (χ3v) is 3.03. The minimum absolute atomic E-state index is 0.0976. The van der Waals surface area contributed by atoms with Gasteiger partial charge in [0, 0.05) is 16.5 Å². The van der Waals surface area contributed by atoms with Crippen molar-refractivity contribution in [2.45, 2.75) is 10.7 Å². The van der Waals surface area contributed by atoms with E-state index in [0.717, 1.165) is 5.56 Å². The van der Waals surface area contributed by atoms with E-state index in [1.165, 1.54) is 7.11 Å². The van der Waals surface area contributed by atoms with Crippen LogP contribution in [0.3, 0.4) is 0 Å². The minimum atomic E-state index is -2.43. The number of nitrogens with zero attached hydrogens (tertiary/aromatic N) is 2. The molecule has 0 saturated heterocycles. The van der Waals surface area contributed by atoms with Crippen molar-refractivity contribution in [2.75, 3.05) is 12.8 Å². The van der Waals surface area contributed by atoms with E-state index in [1.807, 2.05) is 0 Å². The van der Waals surface area contributed by atoms with Crippen LogP contribution in [0.15, 0.2) is 35.2 Å². The molecule has 0 amide bonds. The lowest BCUT2D eigenvalue weighted by atomic mass is 10.1. The van der Waals surface area contributed by atoms with Crippen LogP contribution in [-0.2, 0) is 0 Å². The molecule has 0 unspecified atom stereocenters. The summed E-state index contributed by atoms with van der Waals surface area (Å²) >= 11 is 0.498. The Balaban J connectivity index is 2.29. The molecule has 1 heterocycles. The Morgan fingerprint density at radius 1 is 1.21 bits per heavy atom. The van der Waals surface area contributed by atoms with Crippen molar-refractivity contribution in [1.82, 2.24) is 9.97 Å². The van der Waals surface area contributed by atoms with Gasteiger partial charge in [0.2, 0.25) is 11.8 Å². The number of nitrogen functional groups attached to an aromatic ring is 1. The first-order chi connectivity index (χ1) is 9.08. The zero-order valence-corrected chi connectivity index (χ0v) is 10.8. The van der Waals surface area contributed by atoms with Gasteiger partial charge in [-0.3, -0.25) is 0 Å². The summed E-state index contributed by atoms with van der Waals surface area (Å²) in [5, 5.41) is 0. The third-order valence-electron chi connectivity index (χ3n) is 2.30. The molecular weight excluding hydrogens is 272 g/mol. The second-order valence-electron chi connectivity index (χ2n) is 3.56. The van der Waals surface area contributed by atoms with Crippen molar-refractivity contribution < 1.29 is 13.5 Å². The summed E-state index contributed by atoms with van der Waals surface area (Å²) < 4.78 is 29.4. The molecular formula is C12H11F2N3OS. The predicted molar refractivity (Wildman–Crippen MR) is 70.3 cm³/mol. The Bertz CT molecular complexity index is 563. The number of anilines is 1. The number of hydrogen-bond donors (Lipinski definition) is 1. The number of benzene rings is 1. The molecule has 0 fully saturated rings. The van der Waals surface area contributed by atoms with Gasteiger partial charge in [-0.15, -0.1) is 0 Å². The van der Waals surface area contributed by atoms with Gasteiger partial charge in [-0.1, -0.05) is 23.9 Å². The average molecular weight is 283 g/mol. The summed E-state index contributed by atoms with van der Waals surface area (Å²) in [6, 6.07) is 8.25. The van der Waals surface area contributed by atoms with Crippen molar-refractivity contribution in [1.29, 1.82) is 0 Å². The molecule has 1 aromatic heterocycles. The maximum absolute atomic E-state index is 12.2. The van der Waals surface area contributed by atoms with Gasteiger partial charge in [-0.25, -0.2) is 4.98 Å². The molecule has 4 nitrogen and oxygen atoms in total. The lowest BCUT2D eigenvalue weighted by molar-refractivity contribution is 0.252. The van der Waals surface area contributed by atoms with E-state index in [1.54, 1.807) is 30.3 Å². The number of ether oxygens (including phenoxy) is 1. The van der Waals surface area contributed by atoms with Crippen molar-refractivity contribution in [2.24, 2.45) is 0 Å². The lowest BCUT2D eigenvalue weighted by Gasteiger charge is -2.06. The fourth-order valence-electron chi connectivity index (χ4n) is 1.50. The van der Waals surface area contributed by atoms with E-state index in [-0.39, 0.29) is 5.95 Å². The SMILES string of the molecule is COc1cc(-c2ccc(SC(F)F)cc2)nc(N)n1. The van der Waals surface area contributed by atoms with E-state index >= 15 is 0 Å². The van der Waals surface area contributed by atoms with Crippen LogP contribution in [0, 0.1) is 0 Å². The fraction of sp³-hybridized carbons (Fsp3) is 0.167. The van der Waals surface area contributed by atoms with Gasteiger partial charge in [0.1, 0.15) is 0 Å². The van der Waals surface area contributed by atoms with Gasteiger partial charge >= 0.3 is 0 Å². The number of methoxy groups -OCH3 is 1. The zero-order chi connectivity index (χ0) is 13.8. The lowest BCUT2D eigenvalue weighted by Crippen LogP contribution is -1.99. The molecule has 1 aromatic carbocycles. The van der Waals surface area contributed by atoms with Crippen LogP contribution in [0.5, 0.6) is 5.88 Å². The smallest absolute Gasteiger partial charge is 0.288 e. The van der Waals surface area contributed by atoms with Crippen LogP contribution < -0.4 is 10.5 Å². The summed E-state index contributed by atoms with van der Waals surface area (Å²) in [7, 11) is 1.48. The summed E-state index contributed by atoms with van der Waals surface area (Å²) in [6.45, 7) is 0. The average Bonchev–Trinajstić information content (AvgIpc) is 2.38. The highest BCUT2D eigenvalue weighted by Gasteiger charge is 2.08. The maximum Gasteiger partial charge on any atom is 0.288 e. The largest absolute Gasteiger partial charge is 0.481 e. The normalized spacial score (nSPS) is 10.7. The molecule has 0 spiro atoms. The molecule has 0 aliphatic heterocycles. The highest BCUT2D eigenvalue weighted by Crippen LogP contribution is 2.28. The summed E-state index contributed by atoms with van der Waals surface area (Å²) in [4.78, 5) is 8.44. The first-order valence-electron chi connectivity index (χ1n) is 5.32. The third kappa shape index (κ3) is 3.54. The number of halogens is 2. The Kier molecular flexibility index (Phi) is 4.16. The number of rotatable bonds is 4. The van der Waals surface area contributed by atoms with Crippen molar-refractivity contribution in [3.8, 4) is 17.1 Å². The van der Waals surface area contributed by atoms with E-state index in [9.17, 15) is 8.78 Å². The minimum Gasteiger partial charge on any atom is -0.481 e. The van der Waals surface area contributed by atoms with Crippen molar-refractivity contribution >= 4 is 17.7 Å². The van der Waals surface area contributed by atoms with Gasteiger partial charge in [0.05, 0.1) is 12.8 Å². The summed E-state index contributed by atoms with van der Waals surface area (Å²) in [6.07, 6.45) is 0. The quantitative estimate of drug-likeness (QED) is 0.874. The van der Waals surface area contributed by atoms with Gasteiger partial charge in [0.25, 0.3) is 5.76 Å². The molecule has 2 N–H and O–H groups in total. The van der Waals surface area contributed by atoms with Crippen LogP contribution in [-0.4, -0.2) is 22.8 Å². The second kappa shape index (κ2) is 5.83. The molecule has 0 bridgehead atoms. The van der Waals surface area contributed by atoms with Crippen LogP contribution in [0.1, 0.15) is 0 Å². The Hall–Kier alpha value is -1.89. The maximum atomic E-state index is 12.2. The second-order valence-corrected chi connectivity index (χ2v) is 4.62. The molecule has 19 heavy (non-hydrogen) atoms. The molecule has 0 aliphatic rings. The first-order valence-corrected chi connectivity index (χ1v) is 6.20. The molecule has 0 aliphatic carbocycles. The van der Waals surface area contributed by atoms with Gasteiger partial charge < -0.3 is 10.5 Å². The number of nitrogens with two attached hydrogens (primary N) is 1. The molecule has 0 saturated carbocycles. The number of thioether (sulfide) groups is 1. The number of alkyl halides is 2. The van der Waals surface area contributed by atoms with E-state index in [4.69, 9.17) is 10.5 Å². The molecule has 2 aromatic rings. The molecule has 0 radical (unpaired) electrons. The number of hydrogen-bond acceptors (Lipinski definition) is 5. The highest BCUT2D eigenvalue weighted by atomic mass is 32.2. The molecule has 100 valence electrons. The predicted octanol–water partition coefficient (Wildman–Crippen LogP) is 3.05. The van der Waals surface area contributed by atoms with Crippen LogP contribution in [0.2, 0.25) is 0 Å². The van der Waals surface area contributed by atoms with E-state index in [2.05, 4.69) is 9.97 Å². The number of aromatic nitrogens is 2. The topological polar surface area (TPSA) is 61.0 Å². The zero-order valence-electron chi connectivity index (χ0n) is 10.0. The Morgan fingerprint density at radius 3 is 2.47 bits per heavy atom. The van der Waals surface area contributed by atoms with Crippen molar-refractivity contribution in [3.63, 3.8) is 0 Å². The van der Waals surface area contributed by atoms with Gasteiger partial charge in [-0.2, -0.15) is 13.8 Å². The standard InChI is InChI=1S/C12H11F2N3OS/c1-18-10-6-9(16-12(15)17-10)7-2-4-8(5-3-7)19-11(13)14/h2-6,11H,1H3,(H2,15,16,17). The summed E-state index contributed by atoms with van der Waals surface area (Å²) in [5.74, 6) is -1.98.